The van der Waals surface area contributed by atoms with Crippen molar-refractivity contribution < 1.29 is 4.74 Å². The summed E-state index contributed by atoms with van der Waals surface area (Å²) in [6.07, 6.45) is 1.76. The fourth-order valence-electron chi connectivity index (χ4n) is 3.22. The minimum atomic E-state index is 0.514. The second kappa shape index (κ2) is 8.56. The summed E-state index contributed by atoms with van der Waals surface area (Å²) in [4.78, 5) is 0. The molecular weight excluding hydrogens is 362 g/mol. The van der Waals surface area contributed by atoms with Crippen molar-refractivity contribution in [3.8, 4) is 5.75 Å². The van der Waals surface area contributed by atoms with E-state index in [-0.39, 0.29) is 0 Å². The molecule has 1 heterocycles. The van der Waals surface area contributed by atoms with E-state index in [4.69, 9.17) is 4.74 Å². The number of anilines is 1. The molecule has 0 radical (unpaired) electrons. The number of tetrazole rings is 1. The van der Waals surface area contributed by atoms with Crippen molar-refractivity contribution in [3.05, 3.63) is 90.0 Å². The number of hydrogen-bond acceptors (Lipinski definition) is 5. The Morgan fingerprint density at radius 3 is 2.72 bits per heavy atom. The number of ether oxygens (including phenoxy) is 1. The van der Waals surface area contributed by atoms with Crippen molar-refractivity contribution in [2.75, 3.05) is 5.32 Å². The Kier molecular flexibility index (Phi) is 5.52. The summed E-state index contributed by atoms with van der Waals surface area (Å²) >= 11 is 0. The average Bonchev–Trinajstić information content (AvgIpc) is 3.19. The van der Waals surface area contributed by atoms with Crippen LogP contribution in [0.25, 0.3) is 10.8 Å². The first kappa shape index (κ1) is 18.7. The number of fused-ring (bicyclic) bond motifs is 1. The monoisotopic (exact) mass is 385 g/mol. The number of aromatic nitrogens is 4. The van der Waals surface area contributed by atoms with Gasteiger partial charge in [-0.25, -0.2) is 4.68 Å². The van der Waals surface area contributed by atoms with Gasteiger partial charge in [0.05, 0.1) is 6.54 Å². The summed E-state index contributed by atoms with van der Waals surface area (Å²) in [6, 6.07) is 20.8. The zero-order valence-electron chi connectivity index (χ0n) is 16.4. The van der Waals surface area contributed by atoms with Gasteiger partial charge in [0, 0.05) is 12.1 Å². The van der Waals surface area contributed by atoms with E-state index in [1.807, 2.05) is 18.2 Å². The SMILES string of the molecule is C=CCn1nnnc1NCc1c(OCc2ccc(C)cc2)ccc2ccccc12. The zero-order chi connectivity index (χ0) is 20.1. The van der Waals surface area contributed by atoms with Crippen molar-refractivity contribution in [2.24, 2.45) is 0 Å². The summed E-state index contributed by atoms with van der Waals surface area (Å²) in [7, 11) is 0. The molecule has 29 heavy (non-hydrogen) atoms. The number of rotatable bonds is 8. The van der Waals surface area contributed by atoms with Gasteiger partial charge in [-0.3, -0.25) is 0 Å². The average molecular weight is 385 g/mol. The molecular formula is C23H23N5O. The van der Waals surface area contributed by atoms with Gasteiger partial charge in [0.15, 0.2) is 0 Å². The summed E-state index contributed by atoms with van der Waals surface area (Å²) in [5.41, 5.74) is 3.45. The Bertz CT molecular complexity index is 1120. The van der Waals surface area contributed by atoms with E-state index in [1.165, 1.54) is 5.56 Å². The van der Waals surface area contributed by atoms with E-state index in [1.54, 1.807) is 10.8 Å². The highest BCUT2D eigenvalue weighted by atomic mass is 16.5. The van der Waals surface area contributed by atoms with Gasteiger partial charge in [-0.05, 0) is 39.8 Å². The first-order chi connectivity index (χ1) is 14.2. The molecule has 1 aromatic heterocycles. The predicted octanol–water partition coefficient (Wildman–Crippen LogP) is 4.51. The highest BCUT2D eigenvalue weighted by molar-refractivity contribution is 5.88. The van der Waals surface area contributed by atoms with Crippen molar-refractivity contribution in [1.82, 2.24) is 20.2 Å². The lowest BCUT2D eigenvalue weighted by molar-refractivity contribution is 0.304. The molecule has 0 unspecified atom stereocenters. The van der Waals surface area contributed by atoms with Gasteiger partial charge in [-0.1, -0.05) is 71.3 Å². The van der Waals surface area contributed by atoms with E-state index in [0.29, 0.717) is 25.6 Å². The van der Waals surface area contributed by atoms with Gasteiger partial charge in [0.1, 0.15) is 12.4 Å². The van der Waals surface area contributed by atoms with Crippen molar-refractivity contribution in [1.29, 1.82) is 0 Å². The molecule has 0 saturated heterocycles. The molecule has 0 saturated carbocycles. The van der Waals surface area contributed by atoms with Crippen molar-refractivity contribution in [3.63, 3.8) is 0 Å². The van der Waals surface area contributed by atoms with Crippen molar-refractivity contribution in [2.45, 2.75) is 26.6 Å². The number of hydrogen-bond donors (Lipinski definition) is 1. The predicted molar refractivity (Wildman–Crippen MR) is 115 cm³/mol. The van der Waals surface area contributed by atoms with Crippen LogP contribution in [0.3, 0.4) is 0 Å². The molecule has 4 rings (SSSR count). The molecule has 0 atom stereocenters. The second-order valence-corrected chi connectivity index (χ2v) is 6.86. The van der Waals surface area contributed by atoms with Crippen LogP contribution in [-0.2, 0) is 19.7 Å². The molecule has 1 N–H and O–H groups in total. The molecule has 0 aliphatic carbocycles. The van der Waals surface area contributed by atoms with E-state index >= 15 is 0 Å². The molecule has 6 heteroatoms. The fourth-order valence-corrected chi connectivity index (χ4v) is 3.22. The summed E-state index contributed by atoms with van der Waals surface area (Å²) in [5.74, 6) is 1.45. The minimum Gasteiger partial charge on any atom is -0.489 e. The third-order valence-electron chi connectivity index (χ3n) is 4.77. The van der Waals surface area contributed by atoms with Gasteiger partial charge in [0.25, 0.3) is 0 Å². The zero-order valence-corrected chi connectivity index (χ0v) is 16.4. The first-order valence-corrected chi connectivity index (χ1v) is 9.54. The Hall–Kier alpha value is -3.67. The Morgan fingerprint density at radius 2 is 1.90 bits per heavy atom. The van der Waals surface area contributed by atoms with Crippen LogP contribution in [0, 0.1) is 6.92 Å². The standard InChI is InChI=1S/C23H23N5O/c1-3-14-28-23(25-26-27-28)24-15-21-20-7-5-4-6-19(20)12-13-22(21)29-16-18-10-8-17(2)9-11-18/h3-13H,1,14-16H2,2H3,(H,24,25,27). The van der Waals surface area contributed by atoms with Gasteiger partial charge in [-0.15, -0.1) is 6.58 Å². The van der Waals surface area contributed by atoms with E-state index in [0.717, 1.165) is 27.6 Å². The lowest BCUT2D eigenvalue weighted by Crippen LogP contribution is -2.10. The van der Waals surface area contributed by atoms with E-state index in [2.05, 4.69) is 76.8 Å². The first-order valence-electron chi connectivity index (χ1n) is 9.54. The van der Waals surface area contributed by atoms with Crippen LogP contribution < -0.4 is 10.1 Å². The lowest BCUT2D eigenvalue weighted by atomic mass is 10.0. The molecule has 6 nitrogen and oxygen atoms in total. The van der Waals surface area contributed by atoms with Gasteiger partial charge in [0.2, 0.25) is 5.95 Å². The van der Waals surface area contributed by atoms with Crippen LogP contribution in [-0.4, -0.2) is 20.2 Å². The maximum atomic E-state index is 6.20. The maximum Gasteiger partial charge on any atom is 0.243 e. The minimum absolute atomic E-state index is 0.514. The van der Waals surface area contributed by atoms with Gasteiger partial charge >= 0.3 is 0 Å². The Morgan fingerprint density at radius 1 is 1.07 bits per heavy atom. The quantitative estimate of drug-likeness (QED) is 0.452. The lowest BCUT2D eigenvalue weighted by Gasteiger charge is -2.15. The topological polar surface area (TPSA) is 64.9 Å². The second-order valence-electron chi connectivity index (χ2n) is 6.86. The van der Waals surface area contributed by atoms with Crippen LogP contribution in [0.15, 0.2) is 73.3 Å². The van der Waals surface area contributed by atoms with Gasteiger partial charge in [-0.2, -0.15) is 0 Å². The number of benzene rings is 3. The molecule has 0 aliphatic rings. The maximum absolute atomic E-state index is 6.20. The normalized spacial score (nSPS) is 10.8. The molecule has 0 spiro atoms. The van der Waals surface area contributed by atoms with Crippen LogP contribution in [0.1, 0.15) is 16.7 Å². The number of nitrogens with zero attached hydrogens (tertiary/aromatic N) is 4. The molecule has 146 valence electrons. The van der Waals surface area contributed by atoms with Crippen LogP contribution in [0.5, 0.6) is 5.75 Å². The highest BCUT2D eigenvalue weighted by Gasteiger charge is 2.11. The number of nitrogens with one attached hydrogen (secondary N) is 1. The summed E-state index contributed by atoms with van der Waals surface area (Å²) < 4.78 is 7.88. The Labute approximate surface area is 169 Å². The Balaban J connectivity index is 1.60. The van der Waals surface area contributed by atoms with Crippen LogP contribution in [0.2, 0.25) is 0 Å². The molecule has 4 aromatic rings. The fraction of sp³-hybridized carbons (Fsp3) is 0.174. The smallest absolute Gasteiger partial charge is 0.243 e. The molecule has 0 fully saturated rings. The van der Waals surface area contributed by atoms with Crippen LogP contribution in [0.4, 0.5) is 5.95 Å². The molecule has 0 amide bonds. The largest absolute Gasteiger partial charge is 0.489 e. The third-order valence-corrected chi connectivity index (χ3v) is 4.77. The van der Waals surface area contributed by atoms with E-state index in [9.17, 15) is 0 Å². The third kappa shape index (κ3) is 4.27. The number of aryl methyl sites for hydroxylation is 1. The molecule has 0 bridgehead atoms. The molecule has 3 aromatic carbocycles. The van der Waals surface area contributed by atoms with E-state index < -0.39 is 0 Å². The molecule has 0 aliphatic heterocycles. The van der Waals surface area contributed by atoms with Gasteiger partial charge < -0.3 is 10.1 Å². The van der Waals surface area contributed by atoms with Crippen LogP contribution >= 0.6 is 0 Å². The highest BCUT2D eigenvalue weighted by Crippen LogP contribution is 2.29. The summed E-state index contributed by atoms with van der Waals surface area (Å²) in [6.45, 7) is 7.43. The van der Waals surface area contributed by atoms with Crippen molar-refractivity contribution >= 4 is 16.7 Å². The number of allylic oxidation sites excluding steroid dienone is 1. The summed E-state index contributed by atoms with van der Waals surface area (Å²) in [5, 5.41) is 17.4.